The Balaban J connectivity index is 1.67. The number of aromatic nitrogens is 2. The van der Waals surface area contributed by atoms with Gasteiger partial charge in [-0.25, -0.2) is 0 Å². The third-order valence-electron chi connectivity index (χ3n) is 4.77. The van der Waals surface area contributed by atoms with Gasteiger partial charge in [-0.15, -0.1) is 0 Å². The third kappa shape index (κ3) is 5.24. The van der Waals surface area contributed by atoms with Gasteiger partial charge in [0.1, 0.15) is 0 Å². The summed E-state index contributed by atoms with van der Waals surface area (Å²) in [6, 6.07) is 13.4. The second kappa shape index (κ2) is 9.23. The van der Waals surface area contributed by atoms with Crippen LogP contribution in [-0.4, -0.2) is 16.0 Å². The predicted molar refractivity (Wildman–Crippen MR) is 116 cm³/mol. The van der Waals surface area contributed by atoms with Crippen molar-refractivity contribution in [3.63, 3.8) is 0 Å². The highest BCUT2D eigenvalue weighted by atomic mass is 35.5. The van der Waals surface area contributed by atoms with Crippen LogP contribution < -0.4 is 5.32 Å². The molecule has 5 nitrogen and oxygen atoms in total. The van der Waals surface area contributed by atoms with E-state index >= 15 is 0 Å². The second-order valence-electron chi connectivity index (χ2n) is 7.69. The summed E-state index contributed by atoms with van der Waals surface area (Å²) in [5.74, 6) is 1.51. The molecule has 1 amide bonds. The Bertz CT molecular complexity index is 952. The summed E-state index contributed by atoms with van der Waals surface area (Å²) in [4.78, 5) is 17.0. The van der Waals surface area contributed by atoms with Crippen LogP contribution in [0.4, 0.5) is 5.69 Å². The Kier molecular flexibility index (Phi) is 6.70. The van der Waals surface area contributed by atoms with E-state index in [0.29, 0.717) is 35.0 Å². The highest BCUT2D eigenvalue weighted by molar-refractivity contribution is 6.30. The van der Waals surface area contributed by atoms with Crippen molar-refractivity contribution in [1.29, 1.82) is 0 Å². The van der Waals surface area contributed by atoms with Crippen LogP contribution >= 0.6 is 11.6 Å². The van der Waals surface area contributed by atoms with Gasteiger partial charge in [-0.2, -0.15) is 4.98 Å². The molecule has 1 aromatic heterocycles. The molecule has 0 bridgehead atoms. The van der Waals surface area contributed by atoms with E-state index in [1.807, 2.05) is 12.1 Å². The van der Waals surface area contributed by atoms with Crippen LogP contribution in [0, 0.1) is 0 Å². The monoisotopic (exact) mass is 411 g/mol. The van der Waals surface area contributed by atoms with Gasteiger partial charge in [0, 0.05) is 29.1 Å². The summed E-state index contributed by atoms with van der Waals surface area (Å²) in [7, 11) is 0. The molecule has 2 aromatic carbocycles. The molecule has 0 saturated carbocycles. The molecule has 0 fully saturated rings. The second-order valence-corrected chi connectivity index (χ2v) is 8.12. The Hall–Kier alpha value is -2.66. The van der Waals surface area contributed by atoms with Crippen molar-refractivity contribution in [1.82, 2.24) is 10.1 Å². The van der Waals surface area contributed by atoms with Crippen molar-refractivity contribution in [3.8, 4) is 11.4 Å². The first-order valence-corrected chi connectivity index (χ1v) is 10.2. The fourth-order valence-corrected chi connectivity index (χ4v) is 3.32. The van der Waals surface area contributed by atoms with E-state index in [9.17, 15) is 4.79 Å². The highest BCUT2D eigenvalue weighted by Crippen LogP contribution is 2.32. The first kappa shape index (κ1) is 21.1. The average Bonchev–Trinajstić information content (AvgIpc) is 3.15. The Morgan fingerprint density at radius 1 is 1.03 bits per heavy atom. The number of para-hydroxylation sites is 1. The maximum absolute atomic E-state index is 12.6. The summed E-state index contributed by atoms with van der Waals surface area (Å²) in [5.41, 5.74) is 4.04. The molecule has 0 aliphatic carbocycles. The third-order valence-corrected chi connectivity index (χ3v) is 5.03. The smallest absolute Gasteiger partial charge is 0.227 e. The number of nitrogens with zero attached hydrogens (tertiary/aromatic N) is 2. The fourth-order valence-electron chi connectivity index (χ4n) is 3.19. The molecule has 0 spiro atoms. The Morgan fingerprint density at radius 2 is 1.66 bits per heavy atom. The van der Waals surface area contributed by atoms with Gasteiger partial charge in [0.15, 0.2) is 0 Å². The maximum atomic E-state index is 12.6. The molecule has 0 aliphatic heterocycles. The summed E-state index contributed by atoms with van der Waals surface area (Å²) < 4.78 is 5.30. The van der Waals surface area contributed by atoms with Crippen molar-refractivity contribution >= 4 is 23.2 Å². The average molecular weight is 412 g/mol. The number of aryl methyl sites for hydroxylation is 1. The molecular weight excluding hydrogens is 386 g/mol. The number of anilines is 1. The number of hydrogen-bond acceptors (Lipinski definition) is 4. The first-order valence-electron chi connectivity index (χ1n) is 9.86. The zero-order chi connectivity index (χ0) is 21.0. The zero-order valence-corrected chi connectivity index (χ0v) is 18.0. The molecular formula is C23H26ClN3O2. The largest absolute Gasteiger partial charge is 0.339 e. The number of carbonyl (C=O) groups is 1. The highest BCUT2D eigenvalue weighted by Gasteiger charge is 2.17. The molecule has 152 valence electrons. The number of halogens is 1. The van der Waals surface area contributed by atoms with Gasteiger partial charge in [0.25, 0.3) is 0 Å². The van der Waals surface area contributed by atoms with Gasteiger partial charge in [-0.3, -0.25) is 4.79 Å². The summed E-state index contributed by atoms with van der Waals surface area (Å²) >= 11 is 5.91. The van der Waals surface area contributed by atoms with Crippen LogP contribution in [0.25, 0.3) is 11.4 Å². The van der Waals surface area contributed by atoms with E-state index in [1.165, 1.54) is 0 Å². The number of rotatable bonds is 7. The molecule has 6 heteroatoms. The van der Waals surface area contributed by atoms with Crippen LogP contribution in [0.5, 0.6) is 0 Å². The summed E-state index contributed by atoms with van der Waals surface area (Å²) in [5, 5.41) is 7.75. The van der Waals surface area contributed by atoms with Gasteiger partial charge in [-0.1, -0.05) is 62.7 Å². The molecule has 1 heterocycles. The predicted octanol–water partition coefficient (Wildman–Crippen LogP) is 6.21. The van der Waals surface area contributed by atoms with Gasteiger partial charge >= 0.3 is 0 Å². The molecule has 3 aromatic rings. The van der Waals surface area contributed by atoms with Gasteiger partial charge < -0.3 is 9.84 Å². The van der Waals surface area contributed by atoms with Gasteiger partial charge in [0.05, 0.1) is 0 Å². The fraction of sp³-hybridized carbons (Fsp3) is 0.348. The quantitative estimate of drug-likeness (QED) is 0.502. The van der Waals surface area contributed by atoms with Crippen LogP contribution in [0.1, 0.15) is 63.0 Å². The lowest BCUT2D eigenvalue weighted by atomic mass is 9.92. The molecule has 3 rings (SSSR count). The molecule has 1 N–H and O–H groups in total. The van der Waals surface area contributed by atoms with E-state index in [-0.39, 0.29) is 12.3 Å². The topological polar surface area (TPSA) is 68.0 Å². The number of hydrogen-bond donors (Lipinski definition) is 1. The normalized spacial score (nSPS) is 11.3. The van der Waals surface area contributed by atoms with Crippen LogP contribution in [0.2, 0.25) is 5.02 Å². The number of benzene rings is 2. The number of nitrogens with one attached hydrogen (secondary N) is 1. The van der Waals surface area contributed by atoms with Crippen LogP contribution in [0.3, 0.4) is 0 Å². The van der Waals surface area contributed by atoms with Crippen molar-refractivity contribution in [2.45, 2.75) is 52.4 Å². The molecule has 0 aliphatic rings. The van der Waals surface area contributed by atoms with E-state index < -0.39 is 0 Å². The van der Waals surface area contributed by atoms with Gasteiger partial charge in [-0.05, 0) is 47.2 Å². The SMILES string of the molecule is CC(C)c1cccc(C(C)C)c1NC(=O)CCc1nc(-c2ccc(Cl)cc2)no1. The molecule has 29 heavy (non-hydrogen) atoms. The van der Waals surface area contributed by atoms with Crippen molar-refractivity contribution in [2.75, 3.05) is 5.32 Å². The minimum atomic E-state index is -0.0637. The van der Waals surface area contributed by atoms with E-state index in [1.54, 1.807) is 12.1 Å². The number of carbonyl (C=O) groups excluding carboxylic acids is 1. The van der Waals surface area contributed by atoms with Crippen LogP contribution in [0.15, 0.2) is 47.0 Å². The van der Waals surface area contributed by atoms with Crippen molar-refractivity contribution in [2.24, 2.45) is 0 Å². The Labute approximate surface area is 176 Å². The molecule has 0 unspecified atom stereocenters. The first-order chi connectivity index (χ1) is 13.8. The standard InChI is InChI=1S/C23H26ClN3O2/c1-14(2)18-6-5-7-19(15(3)4)22(18)25-20(28)12-13-21-26-23(27-29-21)16-8-10-17(24)11-9-16/h5-11,14-15H,12-13H2,1-4H3,(H,25,28). The molecule has 0 radical (unpaired) electrons. The lowest BCUT2D eigenvalue weighted by Gasteiger charge is -2.20. The summed E-state index contributed by atoms with van der Waals surface area (Å²) in [6.45, 7) is 8.52. The zero-order valence-electron chi connectivity index (χ0n) is 17.2. The van der Waals surface area contributed by atoms with E-state index in [2.05, 4.69) is 61.4 Å². The maximum Gasteiger partial charge on any atom is 0.227 e. The minimum absolute atomic E-state index is 0.0637. The minimum Gasteiger partial charge on any atom is -0.339 e. The summed E-state index contributed by atoms with van der Waals surface area (Å²) in [6.07, 6.45) is 0.652. The van der Waals surface area contributed by atoms with Crippen LogP contribution in [-0.2, 0) is 11.2 Å². The van der Waals surface area contributed by atoms with Gasteiger partial charge in [0.2, 0.25) is 17.6 Å². The number of amides is 1. The lowest BCUT2D eigenvalue weighted by molar-refractivity contribution is -0.116. The lowest BCUT2D eigenvalue weighted by Crippen LogP contribution is -2.16. The molecule has 0 saturated heterocycles. The van der Waals surface area contributed by atoms with E-state index in [0.717, 1.165) is 22.4 Å². The molecule has 0 atom stereocenters. The van der Waals surface area contributed by atoms with Crippen molar-refractivity contribution < 1.29 is 9.32 Å². The Morgan fingerprint density at radius 3 is 2.24 bits per heavy atom. The van der Waals surface area contributed by atoms with Crippen molar-refractivity contribution in [3.05, 3.63) is 64.5 Å². The van der Waals surface area contributed by atoms with E-state index in [4.69, 9.17) is 16.1 Å².